The molecule has 2 aromatic carbocycles. The molecule has 0 radical (unpaired) electrons. The molecule has 8 heteroatoms. The molecule has 31 heavy (non-hydrogen) atoms. The van der Waals surface area contributed by atoms with E-state index in [4.69, 9.17) is 9.47 Å². The Morgan fingerprint density at radius 3 is 2.84 bits per heavy atom. The van der Waals surface area contributed by atoms with E-state index in [1.807, 2.05) is 24.3 Å². The molecule has 0 aliphatic carbocycles. The van der Waals surface area contributed by atoms with Crippen molar-refractivity contribution >= 4 is 22.6 Å². The highest BCUT2D eigenvalue weighted by molar-refractivity contribution is 5.92. The van der Waals surface area contributed by atoms with Gasteiger partial charge in [-0.1, -0.05) is 19.1 Å². The third-order valence-corrected chi connectivity index (χ3v) is 5.21. The molecule has 0 saturated heterocycles. The van der Waals surface area contributed by atoms with Crippen LogP contribution in [0, 0.1) is 0 Å². The minimum absolute atomic E-state index is 0.0828. The fourth-order valence-electron chi connectivity index (χ4n) is 3.71. The molecule has 1 aliphatic heterocycles. The van der Waals surface area contributed by atoms with Crippen LogP contribution in [0.4, 0.5) is 5.69 Å². The van der Waals surface area contributed by atoms with Crippen LogP contribution in [0.15, 0.2) is 65.6 Å². The van der Waals surface area contributed by atoms with Gasteiger partial charge in [0.2, 0.25) is 12.7 Å². The molecule has 5 rings (SSSR count). The molecular weight excluding hydrogens is 396 g/mol. The van der Waals surface area contributed by atoms with Crippen molar-refractivity contribution in [2.45, 2.75) is 19.9 Å². The summed E-state index contributed by atoms with van der Waals surface area (Å²) in [7, 11) is 0. The lowest BCUT2D eigenvalue weighted by Crippen LogP contribution is -2.27. The van der Waals surface area contributed by atoms with Crippen LogP contribution in [0.3, 0.4) is 0 Å². The molecule has 8 nitrogen and oxygen atoms in total. The molecule has 1 aliphatic rings. The molecule has 0 fully saturated rings. The maximum Gasteiger partial charge on any atom is 0.280 e. The van der Waals surface area contributed by atoms with E-state index in [2.05, 4.69) is 17.2 Å². The number of carbonyl (C=O) groups is 1. The lowest BCUT2D eigenvalue weighted by atomic mass is 10.1. The summed E-state index contributed by atoms with van der Waals surface area (Å²) in [6.07, 6.45) is 2.45. The average molecular weight is 416 g/mol. The summed E-state index contributed by atoms with van der Waals surface area (Å²) in [6.45, 7) is 2.13. The number of hydrogen-bond acceptors (Lipinski definition) is 5. The third kappa shape index (κ3) is 3.42. The van der Waals surface area contributed by atoms with Gasteiger partial charge >= 0.3 is 0 Å². The Balaban J connectivity index is 1.53. The smallest absolute Gasteiger partial charge is 0.280 e. The highest BCUT2D eigenvalue weighted by Gasteiger charge is 2.19. The molecule has 1 amide bonds. The number of hydrogen-bond donors (Lipinski definition) is 1. The van der Waals surface area contributed by atoms with E-state index in [9.17, 15) is 9.59 Å². The number of rotatable bonds is 5. The number of carbonyl (C=O) groups excluding carboxylic acids is 1. The van der Waals surface area contributed by atoms with Crippen molar-refractivity contribution in [2.24, 2.45) is 0 Å². The number of fused-ring (bicyclic) bond motifs is 2. The Morgan fingerprint density at radius 2 is 1.97 bits per heavy atom. The zero-order valence-corrected chi connectivity index (χ0v) is 16.9. The zero-order valence-electron chi connectivity index (χ0n) is 16.9. The molecule has 2 aromatic heterocycles. The monoisotopic (exact) mass is 416 g/mol. The lowest BCUT2D eigenvalue weighted by molar-refractivity contribution is -0.116. The van der Waals surface area contributed by atoms with Gasteiger partial charge in [0.05, 0.1) is 11.1 Å². The summed E-state index contributed by atoms with van der Waals surface area (Å²) in [5.74, 6) is 0.934. The minimum Gasteiger partial charge on any atom is -0.454 e. The molecule has 3 heterocycles. The number of ether oxygens (including phenoxy) is 2. The summed E-state index contributed by atoms with van der Waals surface area (Å²) >= 11 is 0. The molecule has 0 unspecified atom stereocenters. The average Bonchev–Trinajstić information content (AvgIpc) is 3.36. The standard InChI is InChI=1S/C23H20N4O4/c1-2-15-5-3-6-17(11-15)27-23(29)18-7-4-10-24-22(18)26(27)13-21(28)25-16-8-9-19-20(12-16)31-14-30-19/h3-12H,2,13-14H2,1H3,(H,25,28). The van der Waals surface area contributed by atoms with Gasteiger partial charge in [-0.2, -0.15) is 0 Å². The second kappa shape index (κ2) is 7.64. The fraction of sp³-hybridized carbons (Fsp3) is 0.174. The van der Waals surface area contributed by atoms with Crippen molar-refractivity contribution in [1.29, 1.82) is 0 Å². The largest absolute Gasteiger partial charge is 0.454 e. The van der Waals surface area contributed by atoms with Crippen LogP contribution in [0.2, 0.25) is 0 Å². The number of pyridine rings is 1. The van der Waals surface area contributed by atoms with Crippen LogP contribution in [0.1, 0.15) is 12.5 Å². The minimum atomic E-state index is -0.290. The Morgan fingerprint density at radius 1 is 1.10 bits per heavy atom. The quantitative estimate of drug-likeness (QED) is 0.540. The van der Waals surface area contributed by atoms with Crippen molar-refractivity contribution in [3.05, 3.63) is 76.7 Å². The van der Waals surface area contributed by atoms with Gasteiger partial charge in [-0.3, -0.25) is 14.3 Å². The maximum absolute atomic E-state index is 13.2. The van der Waals surface area contributed by atoms with E-state index in [1.165, 1.54) is 4.68 Å². The molecule has 0 spiro atoms. The number of aryl methyl sites for hydroxylation is 1. The topological polar surface area (TPSA) is 87.4 Å². The molecule has 0 bridgehead atoms. The summed E-state index contributed by atoms with van der Waals surface area (Å²) in [5, 5.41) is 3.32. The van der Waals surface area contributed by atoms with Gasteiger partial charge in [-0.15, -0.1) is 0 Å². The van der Waals surface area contributed by atoms with Gasteiger partial charge in [0.1, 0.15) is 6.54 Å². The van der Waals surface area contributed by atoms with Crippen molar-refractivity contribution in [3.8, 4) is 17.2 Å². The number of benzene rings is 2. The molecule has 156 valence electrons. The van der Waals surface area contributed by atoms with Gasteiger partial charge in [0.25, 0.3) is 5.56 Å². The van der Waals surface area contributed by atoms with Crippen LogP contribution in [0.25, 0.3) is 16.7 Å². The summed E-state index contributed by atoms with van der Waals surface area (Å²) in [4.78, 5) is 30.4. The summed E-state index contributed by atoms with van der Waals surface area (Å²) < 4.78 is 13.8. The number of nitrogens with one attached hydrogen (secondary N) is 1. The van der Waals surface area contributed by atoms with E-state index in [0.717, 1.165) is 12.0 Å². The predicted molar refractivity (Wildman–Crippen MR) is 116 cm³/mol. The number of amides is 1. The van der Waals surface area contributed by atoms with Gasteiger partial charge in [0.15, 0.2) is 17.1 Å². The highest BCUT2D eigenvalue weighted by atomic mass is 16.7. The number of nitrogens with zero attached hydrogens (tertiary/aromatic N) is 3. The van der Waals surface area contributed by atoms with Crippen LogP contribution in [-0.4, -0.2) is 27.0 Å². The summed E-state index contributed by atoms with van der Waals surface area (Å²) in [5.41, 5.74) is 2.61. The Kier molecular flexibility index (Phi) is 4.66. The first-order valence-electron chi connectivity index (χ1n) is 9.99. The third-order valence-electron chi connectivity index (χ3n) is 5.21. The van der Waals surface area contributed by atoms with Gasteiger partial charge in [0, 0.05) is 18.0 Å². The second-order valence-corrected chi connectivity index (χ2v) is 7.19. The number of aromatic nitrogens is 3. The zero-order chi connectivity index (χ0) is 21.4. The van der Waals surface area contributed by atoms with E-state index in [-0.39, 0.29) is 24.8 Å². The van der Waals surface area contributed by atoms with Gasteiger partial charge in [-0.25, -0.2) is 9.67 Å². The first-order chi connectivity index (χ1) is 15.1. The van der Waals surface area contributed by atoms with Gasteiger partial charge in [-0.05, 0) is 48.4 Å². The SMILES string of the molecule is CCc1cccc(-n2c(=O)c3cccnc3n2CC(=O)Nc2ccc3c(c2)OCO3)c1. The van der Waals surface area contributed by atoms with Gasteiger partial charge < -0.3 is 14.8 Å². The van der Waals surface area contributed by atoms with E-state index < -0.39 is 0 Å². The van der Waals surface area contributed by atoms with E-state index in [0.29, 0.717) is 33.9 Å². The molecule has 1 N–H and O–H groups in total. The van der Waals surface area contributed by atoms with E-state index >= 15 is 0 Å². The highest BCUT2D eigenvalue weighted by Crippen LogP contribution is 2.34. The molecule has 4 aromatic rings. The van der Waals surface area contributed by atoms with Crippen molar-refractivity contribution in [1.82, 2.24) is 14.3 Å². The first kappa shape index (κ1) is 18.9. The van der Waals surface area contributed by atoms with Crippen molar-refractivity contribution < 1.29 is 14.3 Å². The van der Waals surface area contributed by atoms with Crippen LogP contribution in [-0.2, 0) is 17.8 Å². The number of anilines is 1. The van der Waals surface area contributed by atoms with E-state index in [1.54, 1.807) is 41.2 Å². The Labute approximate surface area is 177 Å². The summed E-state index contributed by atoms with van der Waals surface area (Å²) in [6, 6.07) is 16.4. The second-order valence-electron chi connectivity index (χ2n) is 7.19. The fourth-order valence-corrected chi connectivity index (χ4v) is 3.71. The van der Waals surface area contributed by atoms with Crippen LogP contribution < -0.4 is 20.3 Å². The predicted octanol–water partition coefficient (Wildman–Crippen LogP) is 3.12. The lowest BCUT2D eigenvalue weighted by Gasteiger charge is -2.13. The van der Waals surface area contributed by atoms with Crippen LogP contribution in [0.5, 0.6) is 11.5 Å². The Hall–Kier alpha value is -4.07. The molecule has 0 saturated carbocycles. The van der Waals surface area contributed by atoms with Crippen molar-refractivity contribution in [3.63, 3.8) is 0 Å². The van der Waals surface area contributed by atoms with Crippen molar-refractivity contribution in [2.75, 3.05) is 12.1 Å². The molecular formula is C23H20N4O4. The maximum atomic E-state index is 13.2. The first-order valence-corrected chi connectivity index (χ1v) is 9.99. The normalized spacial score (nSPS) is 12.3. The molecule has 0 atom stereocenters. The van der Waals surface area contributed by atoms with Crippen LogP contribution >= 0.6 is 0 Å². The Bertz CT molecular complexity index is 1360.